The fourth-order valence-electron chi connectivity index (χ4n) is 1.02. The summed E-state index contributed by atoms with van der Waals surface area (Å²) in [7, 11) is 0. The van der Waals surface area contributed by atoms with Gasteiger partial charge in [-0.15, -0.1) is 0 Å². The third kappa shape index (κ3) is 3.16. The molecule has 0 amide bonds. The average molecular weight is 231 g/mol. The summed E-state index contributed by atoms with van der Waals surface area (Å²) in [4.78, 5) is 22.7. The van der Waals surface area contributed by atoms with Crippen molar-refractivity contribution < 1.29 is 19.1 Å². The van der Waals surface area contributed by atoms with E-state index in [1.165, 1.54) is 20.0 Å². The number of rotatable bonds is 3. The Balaban J connectivity index is 2.71. The summed E-state index contributed by atoms with van der Waals surface area (Å²) < 4.78 is 9.76. The molecule has 6 heteroatoms. The maximum atomic E-state index is 11.4. The topological polar surface area (TPSA) is 64.6 Å². The zero-order chi connectivity index (χ0) is 11.5. The lowest BCUT2D eigenvalue weighted by atomic mass is 10.2. The Kier molecular flexibility index (Phi) is 3.62. The summed E-state index contributed by atoms with van der Waals surface area (Å²) in [5.41, 5.74) is -0.129. The van der Waals surface area contributed by atoms with Crippen LogP contribution >= 0.6 is 12.6 Å². The van der Waals surface area contributed by atoms with E-state index in [-0.39, 0.29) is 5.57 Å². The van der Waals surface area contributed by atoms with E-state index < -0.39 is 17.7 Å². The minimum Gasteiger partial charge on any atom is -0.419 e. The van der Waals surface area contributed by atoms with Gasteiger partial charge in [-0.2, -0.15) is 12.6 Å². The first-order valence-electron chi connectivity index (χ1n) is 4.47. The highest BCUT2D eigenvalue weighted by atomic mass is 32.1. The van der Waals surface area contributed by atoms with Crippen molar-refractivity contribution in [2.75, 3.05) is 12.3 Å². The van der Waals surface area contributed by atoms with Crippen molar-refractivity contribution in [1.29, 1.82) is 0 Å². The molecule has 15 heavy (non-hydrogen) atoms. The third-order valence-corrected chi connectivity index (χ3v) is 1.84. The Morgan fingerprint density at radius 1 is 1.33 bits per heavy atom. The third-order valence-electron chi connectivity index (χ3n) is 1.62. The average Bonchev–Trinajstić information content (AvgIpc) is 2.08. The Bertz CT molecular complexity index is 289. The van der Waals surface area contributed by atoms with Crippen LogP contribution in [0.2, 0.25) is 0 Å². The molecule has 0 saturated carbocycles. The van der Waals surface area contributed by atoms with Gasteiger partial charge in [-0.3, -0.25) is 0 Å². The van der Waals surface area contributed by atoms with Gasteiger partial charge < -0.3 is 14.8 Å². The molecule has 0 spiro atoms. The summed E-state index contributed by atoms with van der Waals surface area (Å²) in [5.74, 6) is -1.94. The van der Waals surface area contributed by atoms with E-state index in [4.69, 9.17) is 9.47 Å². The van der Waals surface area contributed by atoms with E-state index in [0.29, 0.717) is 12.3 Å². The number of cyclic esters (lactones) is 2. The van der Waals surface area contributed by atoms with Crippen LogP contribution in [0.4, 0.5) is 0 Å². The van der Waals surface area contributed by atoms with Crippen molar-refractivity contribution in [2.45, 2.75) is 19.6 Å². The molecular formula is C9H13NO4S. The molecule has 1 fully saturated rings. The Labute approximate surface area is 93.2 Å². The van der Waals surface area contributed by atoms with Crippen LogP contribution in [0.3, 0.4) is 0 Å². The van der Waals surface area contributed by atoms with Crippen LogP contribution in [0.15, 0.2) is 11.8 Å². The molecule has 1 heterocycles. The number of nitrogens with one attached hydrogen (secondary N) is 1. The summed E-state index contributed by atoms with van der Waals surface area (Å²) in [6.45, 7) is 3.55. The van der Waals surface area contributed by atoms with Gasteiger partial charge in [0.25, 0.3) is 5.79 Å². The maximum Gasteiger partial charge on any atom is 0.350 e. The number of hydrogen-bond acceptors (Lipinski definition) is 6. The van der Waals surface area contributed by atoms with Crippen molar-refractivity contribution >= 4 is 24.6 Å². The van der Waals surface area contributed by atoms with E-state index >= 15 is 0 Å². The van der Waals surface area contributed by atoms with Crippen molar-refractivity contribution in [3.05, 3.63) is 11.8 Å². The van der Waals surface area contributed by atoms with Gasteiger partial charge in [0.1, 0.15) is 0 Å². The largest absolute Gasteiger partial charge is 0.419 e. The number of esters is 2. The van der Waals surface area contributed by atoms with Crippen LogP contribution in [-0.4, -0.2) is 30.0 Å². The molecule has 0 radical (unpaired) electrons. The second-order valence-corrected chi connectivity index (χ2v) is 3.86. The molecular weight excluding hydrogens is 218 g/mol. The second kappa shape index (κ2) is 4.57. The van der Waals surface area contributed by atoms with Gasteiger partial charge in [0.2, 0.25) is 0 Å². The van der Waals surface area contributed by atoms with Crippen LogP contribution < -0.4 is 5.32 Å². The lowest BCUT2D eigenvalue weighted by Crippen LogP contribution is -2.42. The first-order chi connectivity index (χ1) is 6.96. The van der Waals surface area contributed by atoms with Gasteiger partial charge in [0.15, 0.2) is 5.57 Å². The number of ether oxygens (including phenoxy) is 2. The molecule has 0 unspecified atom stereocenters. The number of thiol groups is 1. The van der Waals surface area contributed by atoms with Gasteiger partial charge in [0.05, 0.1) is 0 Å². The fraction of sp³-hybridized carbons (Fsp3) is 0.556. The summed E-state index contributed by atoms with van der Waals surface area (Å²) >= 11 is 3.97. The van der Waals surface area contributed by atoms with Gasteiger partial charge >= 0.3 is 11.9 Å². The quantitative estimate of drug-likeness (QED) is 0.239. The molecule has 0 atom stereocenters. The second-order valence-electron chi connectivity index (χ2n) is 3.41. The first-order valence-corrected chi connectivity index (χ1v) is 5.10. The molecule has 84 valence electrons. The predicted octanol–water partition coefficient (Wildman–Crippen LogP) is 0.226. The highest BCUT2D eigenvalue weighted by Gasteiger charge is 2.38. The van der Waals surface area contributed by atoms with Crippen molar-refractivity contribution in [3.63, 3.8) is 0 Å². The fourth-order valence-corrected chi connectivity index (χ4v) is 1.15. The molecule has 5 nitrogen and oxygen atoms in total. The van der Waals surface area contributed by atoms with E-state index in [2.05, 4.69) is 17.9 Å². The number of hydrogen-bond donors (Lipinski definition) is 2. The van der Waals surface area contributed by atoms with Crippen LogP contribution in [0.25, 0.3) is 0 Å². The van der Waals surface area contributed by atoms with Crippen molar-refractivity contribution in [3.8, 4) is 0 Å². The standard InChI is InChI=1S/C9H13NO4S/c1-9(2)13-7(11)6(8(12)14-9)5-10-3-4-15/h5,10,15H,3-4H2,1-2H3. The zero-order valence-electron chi connectivity index (χ0n) is 8.57. The molecule has 0 bridgehead atoms. The van der Waals surface area contributed by atoms with E-state index in [0.717, 1.165) is 0 Å². The van der Waals surface area contributed by atoms with Crippen molar-refractivity contribution in [2.24, 2.45) is 0 Å². The van der Waals surface area contributed by atoms with Gasteiger partial charge in [-0.25, -0.2) is 9.59 Å². The van der Waals surface area contributed by atoms with Crippen molar-refractivity contribution in [1.82, 2.24) is 5.32 Å². The molecule has 1 aliphatic rings. The lowest BCUT2D eigenvalue weighted by Gasteiger charge is -2.29. The number of carbonyl (C=O) groups excluding carboxylic acids is 2. The maximum absolute atomic E-state index is 11.4. The highest BCUT2D eigenvalue weighted by molar-refractivity contribution is 7.80. The van der Waals surface area contributed by atoms with E-state index in [1.807, 2.05) is 0 Å². The highest BCUT2D eigenvalue weighted by Crippen LogP contribution is 2.21. The lowest BCUT2D eigenvalue weighted by molar-refractivity contribution is -0.222. The molecule has 1 saturated heterocycles. The van der Waals surface area contributed by atoms with Crippen LogP contribution in [-0.2, 0) is 19.1 Å². The Morgan fingerprint density at radius 2 is 1.87 bits per heavy atom. The molecule has 1 N–H and O–H groups in total. The van der Waals surface area contributed by atoms with Gasteiger partial charge in [-0.1, -0.05) is 0 Å². The van der Waals surface area contributed by atoms with E-state index in [9.17, 15) is 9.59 Å². The smallest absolute Gasteiger partial charge is 0.350 e. The SMILES string of the molecule is CC1(C)OC(=O)C(=CNCCS)C(=O)O1. The summed E-state index contributed by atoms with van der Waals surface area (Å²) in [6.07, 6.45) is 1.29. The summed E-state index contributed by atoms with van der Waals surface area (Å²) in [6, 6.07) is 0. The zero-order valence-corrected chi connectivity index (χ0v) is 9.47. The van der Waals surface area contributed by atoms with Crippen LogP contribution in [0, 0.1) is 0 Å². The van der Waals surface area contributed by atoms with E-state index in [1.54, 1.807) is 0 Å². The monoisotopic (exact) mass is 231 g/mol. The molecule has 1 rings (SSSR count). The normalized spacial score (nSPS) is 19.3. The minimum atomic E-state index is -1.19. The van der Waals surface area contributed by atoms with Gasteiger partial charge in [-0.05, 0) is 0 Å². The predicted molar refractivity (Wildman–Crippen MR) is 56.2 cm³/mol. The molecule has 0 aromatic carbocycles. The molecule has 1 aliphatic heterocycles. The Hall–Kier alpha value is -1.17. The van der Waals surface area contributed by atoms with Crippen LogP contribution in [0.5, 0.6) is 0 Å². The van der Waals surface area contributed by atoms with Crippen LogP contribution in [0.1, 0.15) is 13.8 Å². The summed E-state index contributed by atoms with van der Waals surface area (Å²) in [5, 5.41) is 2.75. The molecule has 0 aromatic rings. The molecule has 0 aromatic heterocycles. The number of carbonyl (C=O) groups is 2. The Morgan fingerprint density at radius 3 is 2.33 bits per heavy atom. The molecule has 0 aliphatic carbocycles. The van der Waals surface area contributed by atoms with Gasteiger partial charge in [0, 0.05) is 32.3 Å². The minimum absolute atomic E-state index is 0.129. The first kappa shape index (κ1) is 11.9.